The molecule has 2 aliphatic rings. The predicted octanol–water partition coefficient (Wildman–Crippen LogP) is 4.81. The van der Waals surface area contributed by atoms with Gasteiger partial charge < -0.3 is 9.47 Å². The first-order valence-electron chi connectivity index (χ1n) is 9.09. The lowest BCUT2D eigenvalue weighted by molar-refractivity contribution is -0.112. The highest BCUT2D eigenvalue weighted by molar-refractivity contribution is 5.43. The van der Waals surface area contributed by atoms with Crippen LogP contribution in [0.5, 0.6) is 5.75 Å². The quantitative estimate of drug-likeness (QED) is 0.800. The lowest BCUT2D eigenvalue weighted by atomic mass is 10.0. The summed E-state index contributed by atoms with van der Waals surface area (Å²) in [7, 11) is 0. The number of halogens is 1. The van der Waals surface area contributed by atoms with Gasteiger partial charge in [0.05, 0.1) is 6.61 Å². The molecule has 2 aromatic carbocycles. The molecule has 2 atom stereocenters. The SMILES string of the molecule is C[C@H]1CCCCN1Cc1cc(F)cc2c1O[C@H](c1ccccc1)OC2. The Balaban J connectivity index is 1.61. The summed E-state index contributed by atoms with van der Waals surface area (Å²) in [5.41, 5.74) is 2.70. The molecule has 0 spiro atoms. The van der Waals surface area contributed by atoms with E-state index >= 15 is 0 Å². The van der Waals surface area contributed by atoms with Crippen LogP contribution in [-0.2, 0) is 17.9 Å². The molecule has 132 valence electrons. The molecule has 0 N–H and O–H groups in total. The Labute approximate surface area is 148 Å². The zero-order valence-corrected chi connectivity index (χ0v) is 14.6. The smallest absolute Gasteiger partial charge is 0.227 e. The van der Waals surface area contributed by atoms with Crippen molar-refractivity contribution in [1.29, 1.82) is 0 Å². The summed E-state index contributed by atoms with van der Waals surface area (Å²) in [6, 6.07) is 13.6. The summed E-state index contributed by atoms with van der Waals surface area (Å²) >= 11 is 0. The molecule has 0 amide bonds. The number of piperidine rings is 1. The fourth-order valence-electron chi connectivity index (χ4n) is 3.78. The van der Waals surface area contributed by atoms with Gasteiger partial charge in [-0.05, 0) is 38.4 Å². The van der Waals surface area contributed by atoms with Crippen LogP contribution in [0, 0.1) is 5.82 Å². The first-order valence-corrected chi connectivity index (χ1v) is 9.09. The van der Waals surface area contributed by atoms with E-state index in [9.17, 15) is 4.39 Å². The third-order valence-corrected chi connectivity index (χ3v) is 5.21. The van der Waals surface area contributed by atoms with E-state index in [1.54, 1.807) is 6.07 Å². The van der Waals surface area contributed by atoms with Crippen LogP contribution in [-0.4, -0.2) is 17.5 Å². The highest BCUT2D eigenvalue weighted by atomic mass is 19.1. The zero-order valence-electron chi connectivity index (χ0n) is 14.6. The molecule has 2 aromatic rings. The van der Waals surface area contributed by atoms with Crippen molar-refractivity contribution >= 4 is 0 Å². The van der Waals surface area contributed by atoms with Crippen molar-refractivity contribution in [2.45, 2.75) is 51.7 Å². The molecule has 0 radical (unpaired) electrons. The largest absolute Gasteiger partial charge is 0.460 e. The summed E-state index contributed by atoms with van der Waals surface area (Å²) in [5, 5.41) is 0. The Morgan fingerprint density at radius 3 is 2.80 bits per heavy atom. The highest BCUT2D eigenvalue weighted by Crippen LogP contribution is 2.37. The molecule has 0 aromatic heterocycles. The van der Waals surface area contributed by atoms with E-state index in [0.29, 0.717) is 12.6 Å². The van der Waals surface area contributed by atoms with Crippen molar-refractivity contribution in [3.63, 3.8) is 0 Å². The highest BCUT2D eigenvalue weighted by Gasteiger charge is 2.27. The van der Waals surface area contributed by atoms with Gasteiger partial charge >= 0.3 is 0 Å². The maximum Gasteiger partial charge on any atom is 0.227 e. The molecule has 3 nitrogen and oxygen atoms in total. The van der Waals surface area contributed by atoms with Gasteiger partial charge in [0.2, 0.25) is 6.29 Å². The lowest BCUT2D eigenvalue weighted by Crippen LogP contribution is -2.37. The molecule has 25 heavy (non-hydrogen) atoms. The lowest BCUT2D eigenvalue weighted by Gasteiger charge is -2.35. The van der Waals surface area contributed by atoms with E-state index in [0.717, 1.165) is 35.5 Å². The van der Waals surface area contributed by atoms with E-state index in [-0.39, 0.29) is 5.82 Å². The first-order chi connectivity index (χ1) is 12.2. The number of benzene rings is 2. The number of hydrogen-bond acceptors (Lipinski definition) is 3. The summed E-state index contributed by atoms with van der Waals surface area (Å²) in [5.74, 6) is 0.572. The van der Waals surface area contributed by atoms with Crippen molar-refractivity contribution in [2.75, 3.05) is 6.54 Å². The second-order valence-corrected chi connectivity index (χ2v) is 7.04. The van der Waals surface area contributed by atoms with Gasteiger partial charge in [0.1, 0.15) is 11.6 Å². The van der Waals surface area contributed by atoms with Gasteiger partial charge in [-0.3, -0.25) is 4.90 Å². The van der Waals surface area contributed by atoms with Gasteiger partial charge in [-0.15, -0.1) is 0 Å². The number of likely N-dealkylation sites (tertiary alicyclic amines) is 1. The van der Waals surface area contributed by atoms with Gasteiger partial charge in [-0.25, -0.2) is 4.39 Å². The summed E-state index contributed by atoms with van der Waals surface area (Å²) in [6.07, 6.45) is 3.25. The first kappa shape index (κ1) is 16.6. The standard InChI is InChI=1S/C21H24FNO2/c1-15-7-5-6-10-23(15)13-17-11-19(22)12-18-14-24-21(25-20(17)18)16-8-3-2-4-9-16/h2-4,8-9,11-12,15,21H,5-7,10,13-14H2,1H3/t15-,21+/m0/s1. The molecule has 0 saturated carbocycles. The average Bonchev–Trinajstić information content (AvgIpc) is 2.64. The van der Waals surface area contributed by atoms with Crippen LogP contribution in [0.2, 0.25) is 0 Å². The minimum absolute atomic E-state index is 0.219. The maximum absolute atomic E-state index is 14.1. The van der Waals surface area contributed by atoms with Crippen molar-refractivity contribution in [2.24, 2.45) is 0 Å². The van der Waals surface area contributed by atoms with Gasteiger partial charge in [0, 0.05) is 29.3 Å². The predicted molar refractivity (Wildman–Crippen MR) is 94.7 cm³/mol. The number of ether oxygens (including phenoxy) is 2. The molecule has 0 unspecified atom stereocenters. The van der Waals surface area contributed by atoms with E-state index < -0.39 is 6.29 Å². The minimum atomic E-state index is -0.434. The third kappa shape index (κ3) is 3.55. The van der Waals surface area contributed by atoms with Crippen LogP contribution in [0.25, 0.3) is 0 Å². The topological polar surface area (TPSA) is 21.7 Å². The van der Waals surface area contributed by atoms with Crippen molar-refractivity contribution in [3.05, 3.63) is 65.0 Å². The Morgan fingerprint density at radius 1 is 1.16 bits per heavy atom. The Kier molecular flexibility index (Phi) is 4.73. The van der Waals surface area contributed by atoms with E-state index in [4.69, 9.17) is 9.47 Å². The van der Waals surface area contributed by atoms with Gasteiger partial charge in [-0.2, -0.15) is 0 Å². The molecular formula is C21H24FNO2. The zero-order chi connectivity index (χ0) is 17.2. The Bertz CT molecular complexity index is 734. The van der Waals surface area contributed by atoms with E-state index in [1.165, 1.54) is 25.3 Å². The number of rotatable bonds is 3. The normalized spacial score (nSPS) is 23.8. The monoisotopic (exact) mass is 341 g/mol. The minimum Gasteiger partial charge on any atom is -0.460 e. The maximum atomic E-state index is 14.1. The second-order valence-electron chi connectivity index (χ2n) is 7.04. The molecule has 0 bridgehead atoms. The third-order valence-electron chi connectivity index (χ3n) is 5.21. The fraction of sp³-hybridized carbons (Fsp3) is 0.429. The Morgan fingerprint density at radius 2 is 2.00 bits per heavy atom. The molecule has 1 fully saturated rings. The van der Waals surface area contributed by atoms with Crippen molar-refractivity contribution in [1.82, 2.24) is 4.90 Å². The summed E-state index contributed by atoms with van der Waals surface area (Å²) < 4.78 is 26.1. The summed E-state index contributed by atoms with van der Waals surface area (Å²) in [6.45, 7) is 4.41. The van der Waals surface area contributed by atoms with Crippen LogP contribution in [0.1, 0.15) is 49.2 Å². The van der Waals surface area contributed by atoms with Gasteiger partial charge in [-0.1, -0.05) is 36.8 Å². The second kappa shape index (κ2) is 7.14. The number of hydrogen-bond donors (Lipinski definition) is 0. The van der Waals surface area contributed by atoms with Crippen LogP contribution in [0.15, 0.2) is 42.5 Å². The van der Waals surface area contributed by atoms with Gasteiger partial charge in [0.25, 0.3) is 0 Å². The van der Waals surface area contributed by atoms with Crippen LogP contribution in [0.4, 0.5) is 4.39 Å². The van der Waals surface area contributed by atoms with E-state index in [2.05, 4.69) is 11.8 Å². The van der Waals surface area contributed by atoms with Crippen molar-refractivity contribution < 1.29 is 13.9 Å². The van der Waals surface area contributed by atoms with Crippen LogP contribution >= 0.6 is 0 Å². The van der Waals surface area contributed by atoms with Crippen molar-refractivity contribution in [3.8, 4) is 5.75 Å². The van der Waals surface area contributed by atoms with Crippen LogP contribution < -0.4 is 4.74 Å². The molecule has 1 saturated heterocycles. The number of fused-ring (bicyclic) bond motifs is 1. The molecule has 4 rings (SSSR count). The van der Waals surface area contributed by atoms with Gasteiger partial charge in [0.15, 0.2) is 0 Å². The summed E-state index contributed by atoms with van der Waals surface area (Å²) in [4.78, 5) is 2.43. The molecule has 2 aliphatic heterocycles. The molecular weight excluding hydrogens is 317 g/mol. The fourth-order valence-corrected chi connectivity index (χ4v) is 3.78. The molecule has 0 aliphatic carbocycles. The molecule has 2 heterocycles. The van der Waals surface area contributed by atoms with E-state index in [1.807, 2.05) is 30.3 Å². The van der Waals surface area contributed by atoms with Crippen LogP contribution in [0.3, 0.4) is 0 Å². The average molecular weight is 341 g/mol. The number of nitrogens with zero attached hydrogens (tertiary/aromatic N) is 1. The Hall–Kier alpha value is -1.91. The molecule has 4 heteroatoms.